The lowest BCUT2D eigenvalue weighted by molar-refractivity contribution is 0.298. The summed E-state index contributed by atoms with van der Waals surface area (Å²) in [7, 11) is 0. The van der Waals surface area contributed by atoms with Crippen LogP contribution in [-0.2, 0) is 6.42 Å². The molecule has 0 fully saturated rings. The van der Waals surface area contributed by atoms with Crippen LogP contribution in [-0.4, -0.2) is 19.2 Å². The Kier molecular flexibility index (Phi) is 4.26. The summed E-state index contributed by atoms with van der Waals surface area (Å²) < 4.78 is 5.86. The van der Waals surface area contributed by atoms with Crippen molar-refractivity contribution in [2.45, 2.75) is 32.2 Å². The minimum Gasteiger partial charge on any atom is -0.493 e. The van der Waals surface area contributed by atoms with E-state index in [2.05, 4.69) is 61.6 Å². The Hall–Kier alpha value is -1.80. The number of rotatable bonds is 5. The van der Waals surface area contributed by atoms with E-state index < -0.39 is 0 Å². The highest BCUT2D eigenvalue weighted by atomic mass is 16.5. The molecule has 1 heterocycles. The first kappa shape index (κ1) is 14.2. The van der Waals surface area contributed by atoms with Gasteiger partial charge in [-0.1, -0.05) is 55.0 Å². The van der Waals surface area contributed by atoms with Crippen molar-refractivity contribution in [1.82, 2.24) is 5.32 Å². The molecule has 0 amide bonds. The zero-order valence-corrected chi connectivity index (χ0v) is 12.8. The van der Waals surface area contributed by atoms with E-state index in [0.717, 1.165) is 25.3 Å². The number of benzene rings is 2. The van der Waals surface area contributed by atoms with Crippen molar-refractivity contribution in [2.24, 2.45) is 0 Å². The topological polar surface area (TPSA) is 21.3 Å². The molecule has 1 aliphatic heterocycles. The number of para-hydroxylation sites is 1. The molecule has 2 nitrogen and oxygen atoms in total. The largest absolute Gasteiger partial charge is 0.493 e. The van der Waals surface area contributed by atoms with Gasteiger partial charge >= 0.3 is 0 Å². The maximum atomic E-state index is 5.86. The number of hydrogen-bond donors (Lipinski definition) is 1. The molecule has 2 unspecified atom stereocenters. The molecule has 2 atom stereocenters. The van der Waals surface area contributed by atoms with Crippen molar-refractivity contribution in [1.29, 1.82) is 0 Å². The normalized spacial score (nSPS) is 18.1. The van der Waals surface area contributed by atoms with Gasteiger partial charge in [0, 0.05) is 17.5 Å². The van der Waals surface area contributed by atoms with Crippen LogP contribution in [0.2, 0.25) is 0 Å². The first-order chi connectivity index (χ1) is 10.3. The minimum absolute atomic E-state index is 0.417. The fourth-order valence-electron chi connectivity index (χ4n) is 3.23. The standard InChI is InChI=1S/C19H23NO/c1-3-20-18(12-15-8-6-7-14(2)11-15)17-13-21-19-10-5-4-9-16(17)19/h4-11,17-18,20H,3,12-13H2,1-2H3. The molecule has 0 spiro atoms. The summed E-state index contributed by atoms with van der Waals surface area (Å²) in [5, 5.41) is 3.65. The van der Waals surface area contributed by atoms with Crippen LogP contribution in [0.5, 0.6) is 5.75 Å². The summed E-state index contributed by atoms with van der Waals surface area (Å²) in [5.74, 6) is 1.48. The van der Waals surface area contributed by atoms with Gasteiger partial charge in [0.25, 0.3) is 0 Å². The van der Waals surface area contributed by atoms with E-state index in [1.54, 1.807) is 0 Å². The minimum atomic E-state index is 0.417. The first-order valence-corrected chi connectivity index (χ1v) is 7.78. The summed E-state index contributed by atoms with van der Waals surface area (Å²) in [6, 6.07) is 17.6. The number of nitrogens with one attached hydrogen (secondary N) is 1. The van der Waals surface area contributed by atoms with E-state index in [1.807, 2.05) is 6.07 Å². The summed E-state index contributed by atoms with van der Waals surface area (Å²) in [4.78, 5) is 0. The van der Waals surface area contributed by atoms with E-state index in [1.165, 1.54) is 16.7 Å². The van der Waals surface area contributed by atoms with E-state index in [0.29, 0.717) is 12.0 Å². The number of hydrogen-bond acceptors (Lipinski definition) is 2. The predicted molar refractivity (Wildman–Crippen MR) is 87.0 cm³/mol. The molecule has 0 bridgehead atoms. The zero-order chi connectivity index (χ0) is 14.7. The van der Waals surface area contributed by atoms with Crippen molar-refractivity contribution >= 4 is 0 Å². The number of fused-ring (bicyclic) bond motifs is 1. The van der Waals surface area contributed by atoms with E-state index >= 15 is 0 Å². The van der Waals surface area contributed by atoms with Crippen LogP contribution >= 0.6 is 0 Å². The van der Waals surface area contributed by atoms with Crippen molar-refractivity contribution in [3.8, 4) is 5.75 Å². The molecule has 0 aromatic heterocycles. The fraction of sp³-hybridized carbons (Fsp3) is 0.368. The molecule has 2 heteroatoms. The maximum Gasteiger partial charge on any atom is 0.122 e. The van der Waals surface area contributed by atoms with Gasteiger partial charge in [0.2, 0.25) is 0 Å². The van der Waals surface area contributed by atoms with E-state index in [9.17, 15) is 0 Å². The molecular weight excluding hydrogens is 258 g/mol. The monoisotopic (exact) mass is 281 g/mol. The number of aryl methyl sites for hydroxylation is 1. The van der Waals surface area contributed by atoms with Crippen LogP contribution in [0.1, 0.15) is 29.5 Å². The Morgan fingerprint density at radius 1 is 1.19 bits per heavy atom. The van der Waals surface area contributed by atoms with Gasteiger partial charge in [-0.2, -0.15) is 0 Å². The van der Waals surface area contributed by atoms with Gasteiger partial charge in [-0.15, -0.1) is 0 Å². The van der Waals surface area contributed by atoms with E-state index in [-0.39, 0.29) is 0 Å². The molecule has 1 N–H and O–H groups in total. The Labute approximate surface area is 127 Å². The van der Waals surface area contributed by atoms with Gasteiger partial charge in [0.1, 0.15) is 5.75 Å². The van der Waals surface area contributed by atoms with Gasteiger partial charge in [-0.25, -0.2) is 0 Å². The van der Waals surface area contributed by atoms with Gasteiger partial charge in [-0.3, -0.25) is 0 Å². The quantitative estimate of drug-likeness (QED) is 0.902. The number of ether oxygens (including phenoxy) is 1. The molecule has 110 valence electrons. The highest BCUT2D eigenvalue weighted by Gasteiger charge is 2.30. The number of likely N-dealkylation sites (N-methyl/N-ethyl adjacent to an activating group) is 1. The molecule has 21 heavy (non-hydrogen) atoms. The van der Waals surface area contributed by atoms with E-state index in [4.69, 9.17) is 4.74 Å². The third-order valence-electron chi connectivity index (χ3n) is 4.23. The molecule has 3 rings (SSSR count). The predicted octanol–water partition coefficient (Wildman–Crippen LogP) is 3.69. The Morgan fingerprint density at radius 2 is 2.05 bits per heavy atom. The highest BCUT2D eigenvalue weighted by molar-refractivity contribution is 5.41. The lowest BCUT2D eigenvalue weighted by atomic mass is 9.88. The second-order valence-electron chi connectivity index (χ2n) is 5.81. The molecule has 0 aliphatic carbocycles. The second-order valence-corrected chi connectivity index (χ2v) is 5.81. The second kappa shape index (κ2) is 6.31. The van der Waals surface area contributed by atoms with Crippen LogP contribution in [0.3, 0.4) is 0 Å². The van der Waals surface area contributed by atoms with Gasteiger partial charge in [0.05, 0.1) is 6.61 Å². The molecular formula is C19H23NO. The summed E-state index contributed by atoms with van der Waals surface area (Å²) in [6.07, 6.45) is 1.04. The molecule has 2 aromatic carbocycles. The van der Waals surface area contributed by atoms with Gasteiger partial charge in [0.15, 0.2) is 0 Å². The van der Waals surface area contributed by atoms with Crippen molar-refractivity contribution < 1.29 is 4.74 Å². The summed E-state index contributed by atoms with van der Waals surface area (Å²) >= 11 is 0. The zero-order valence-electron chi connectivity index (χ0n) is 12.8. The fourth-order valence-corrected chi connectivity index (χ4v) is 3.23. The molecule has 2 aromatic rings. The van der Waals surface area contributed by atoms with Gasteiger partial charge in [-0.05, 0) is 31.5 Å². The van der Waals surface area contributed by atoms with Crippen molar-refractivity contribution in [3.05, 3.63) is 65.2 Å². The van der Waals surface area contributed by atoms with Crippen molar-refractivity contribution in [2.75, 3.05) is 13.2 Å². The lowest BCUT2D eigenvalue weighted by Gasteiger charge is -2.24. The summed E-state index contributed by atoms with van der Waals surface area (Å²) in [6.45, 7) is 6.09. The Balaban J connectivity index is 1.82. The smallest absolute Gasteiger partial charge is 0.122 e. The molecule has 0 saturated carbocycles. The van der Waals surface area contributed by atoms with Crippen LogP contribution in [0, 0.1) is 6.92 Å². The third kappa shape index (κ3) is 3.11. The highest BCUT2D eigenvalue weighted by Crippen LogP contribution is 2.36. The maximum absolute atomic E-state index is 5.86. The average molecular weight is 281 g/mol. The molecule has 1 aliphatic rings. The first-order valence-electron chi connectivity index (χ1n) is 7.78. The summed E-state index contributed by atoms with van der Waals surface area (Å²) in [5.41, 5.74) is 4.06. The van der Waals surface area contributed by atoms with Gasteiger partial charge < -0.3 is 10.1 Å². The third-order valence-corrected chi connectivity index (χ3v) is 4.23. The lowest BCUT2D eigenvalue weighted by Crippen LogP contribution is -2.37. The van der Waals surface area contributed by atoms with Crippen LogP contribution in [0.25, 0.3) is 0 Å². The van der Waals surface area contributed by atoms with Crippen LogP contribution < -0.4 is 10.1 Å². The SMILES string of the molecule is CCNC(Cc1cccc(C)c1)C1COc2ccccc21. The Morgan fingerprint density at radius 3 is 2.86 bits per heavy atom. The molecule has 0 saturated heterocycles. The molecule has 0 radical (unpaired) electrons. The van der Waals surface area contributed by atoms with Crippen molar-refractivity contribution in [3.63, 3.8) is 0 Å². The van der Waals surface area contributed by atoms with Crippen LogP contribution in [0.4, 0.5) is 0 Å². The van der Waals surface area contributed by atoms with Crippen LogP contribution in [0.15, 0.2) is 48.5 Å². The Bertz CT molecular complexity index is 608. The average Bonchev–Trinajstić information content (AvgIpc) is 2.91.